The molecule has 1 aromatic carbocycles. The lowest BCUT2D eigenvalue weighted by molar-refractivity contribution is 0.300. The second-order valence-electron chi connectivity index (χ2n) is 7.57. The topological polar surface area (TPSA) is 33.4 Å². The van der Waals surface area contributed by atoms with Gasteiger partial charge in [-0.15, -0.1) is 0 Å². The molecule has 4 nitrogen and oxygen atoms in total. The van der Waals surface area contributed by atoms with Crippen LogP contribution in [0.25, 0.3) is 22.3 Å². The summed E-state index contributed by atoms with van der Waals surface area (Å²) in [5.74, 6) is -0.435. The molecule has 0 N–H and O–H groups in total. The Morgan fingerprint density at radius 3 is 2.90 bits per heavy atom. The Kier molecular flexibility index (Phi) is 4.66. The standard InChI is InChI=1S/C24H20BrFN4/c1-15-21-8-5-17(22-4-3-10-27-24(22)26)12-18(21)9-11-29(15)16(2)23-13-20-7-6-19(25)14-30(20)28-23/h3-8,10,12-15H,2,9,11H2,1H3. The molecule has 0 radical (unpaired) electrons. The average Bonchev–Trinajstić information content (AvgIpc) is 3.17. The van der Waals surface area contributed by atoms with Gasteiger partial charge in [0.25, 0.3) is 0 Å². The zero-order valence-electron chi connectivity index (χ0n) is 16.5. The van der Waals surface area contributed by atoms with Crippen LogP contribution in [0.5, 0.6) is 0 Å². The SMILES string of the molecule is C=C(c1cc2ccc(Br)cn2n1)N1CCc2cc(-c3cccnc3F)ccc2C1C. The Labute approximate surface area is 182 Å². The van der Waals surface area contributed by atoms with Gasteiger partial charge < -0.3 is 4.90 Å². The molecule has 1 aliphatic rings. The quantitative estimate of drug-likeness (QED) is 0.356. The molecule has 3 aromatic heterocycles. The fraction of sp³-hybridized carbons (Fsp3) is 0.167. The first-order chi connectivity index (χ1) is 14.5. The van der Waals surface area contributed by atoms with Gasteiger partial charge in [0.1, 0.15) is 5.69 Å². The average molecular weight is 463 g/mol. The first kappa shape index (κ1) is 19.0. The summed E-state index contributed by atoms with van der Waals surface area (Å²) in [5.41, 5.74) is 6.70. The third-order valence-corrected chi connectivity index (χ3v) is 6.29. The number of hydrogen-bond acceptors (Lipinski definition) is 3. The summed E-state index contributed by atoms with van der Waals surface area (Å²) in [7, 11) is 0. The zero-order chi connectivity index (χ0) is 20.8. The number of benzene rings is 1. The molecule has 0 saturated carbocycles. The summed E-state index contributed by atoms with van der Waals surface area (Å²) >= 11 is 3.49. The predicted octanol–water partition coefficient (Wildman–Crippen LogP) is 5.89. The van der Waals surface area contributed by atoms with Gasteiger partial charge in [-0.05, 0) is 76.3 Å². The molecule has 1 atom stereocenters. The predicted molar refractivity (Wildman–Crippen MR) is 120 cm³/mol. The lowest BCUT2D eigenvalue weighted by atomic mass is 9.90. The van der Waals surface area contributed by atoms with Crippen LogP contribution in [0, 0.1) is 5.95 Å². The van der Waals surface area contributed by atoms with E-state index >= 15 is 0 Å². The van der Waals surface area contributed by atoms with Crippen molar-refractivity contribution in [1.82, 2.24) is 19.5 Å². The molecule has 0 amide bonds. The van der Waals surface area contributed by atoms with E-state index in [2.05, 4.69) is 57.5 Å². The molecular formula is C24H20BrFN4. The summed E-state index contributed by atoms with van der Waals surface area (Å²) in [6.07, 6.45) is 4.29. The van der Waals surface area contributed by atoms with Crippen LogP contribution >= 0.6 is 15.9 Å². The lowest BCUT2D eigenvalue weighted by Crippen LogP contribution is -2.32. The van der Waals surface area contributed by atoms with E-state index in [9.17, 15) is 4.39 Å². The van der Waals surface area contributed by atoms with Crippen LogP contribution in [0.15, 0.2) is 72.0 Å². The van der Waals surface area contributed by atoms with E-state index in [1.807, 2.05) is 28.9 Å². The molecule has 5 rings (SSSR count). The first-order valence-corrected chi connectivity index (χ1v) is 10.6. The molecule has 1 unspecified atom stereocenters. The van der Waals surface area contributed by atoms with E-state index in [0.717, 1.165) is 39.9 Å². The van der Waals surface area contributed by atoms with E-state index < -0.39 is 5.95 Å². The molecule has 1 aliphatic heterocycles. The molecule has 0 saturated heterocycles. The minimum Gasteiger partial charge on any atom is -0.363 e. The Bertz CT molecular complexity index is 1280. The second kappa shape index (κ2) is 7.36. The van der Waals surface area contributed by atoms with Gasteiger partial charge >= 0.3 is 0 Å². The maximum Gasteiger partial charge on any atom is 0.220 e. The highest BCUT2D eigenvalue weighted by molar-refractivity contribution is 9.10. The number of hydrogen-bond donors (Lipinski definition) is 0. The number of nitrogens with zero attached hydrogens (tertiary/aromatic N) is 4. The number of pyridine rings is 2. The monoisotopic (exact) mass is 462 g/mol. The van der Waals surface area contributed by atoms with Crippen LogP contribution in [0.2, 0.25) is 0 Å². The largest absolute Gasteiger partial charge is 0.363 e. The minimum atomic E-state index is -0.435. The maximum absolute atomic E-state index is 14.1. The van der Waals surface area contributed by atoms with Crippen molar-refractivity contribution < 1.29 is 4.39 Å². The van der Waals surface area contributed by atoms with Crippen molar-refractivity contribution >= 4 is 27.1 Å². The molecule has 0 fully saturated rings. The van der Waals surface area contributed by atoms with Crippen molar-refractivity contribution in [3.05, 3.63) is 94.7 Å². The fourth-order valence-corrected chi connectivity index (χ4v) is 4.55. The van der Waals surface area contributed by atoms with Crippen LogP contribution < -0.4 is 0 Å². The number of rotatable bonds is 3. The molecule has 0 aliphatic carbocycles. The minimum absolute atomic E-state index is 0.158. The van der Waals surface area contributed by atoms with E-state index in [0.29, 0.717) is 5.56 Å². The number of halogens is 2. The van der Waals surface area contributed by atoms with Gasteiger partial charge in [-0.25, -0.2) is 9.50 Å². The Morgan fingerprint density at radius 1 is 1.20 bits per heavy atom. The number of aromatic nitrogens is 3. The Morgan fingerprint density at radius 2 is 2.07 bits per heavy atom. The van der Waals surface area contributed by atoms with Crippen LogP contribution in [-0.2, 0) is 6.42 Å². The number of fused-ring (bicyclic) bond motifs is 2. The van der Waals surface area contributed by atoms with Gasteiger partial charge in [-0.2, -0.15) is 9.49 Å². The highest BCUT2D eigenvalue weighted by atomic mass is 79.9. The summed E-state index contributed by atoms with van der Waals surface area (Å²) in [6, 6.07) is 16.0. The lowest BCUT2D eigenvalue weighted by Gasteiger charge is -2.38. The van der Waals surface area contributed by atoms with Crippen LogP contribution in [0.3, 0.4) is 0 Å². The van der Waals surface area contributed by atoms with Crippen molar-refractivity contribution in [2.75, 3.05) is 6.54 Å². The normalized spacial score (nSPS) is 16.0. The Balaban J connectivity index is 1.45. The molecule has 30 heavy (non-hydrogen) atoms. The summed E-state index contributed by atoms with van der Waals surface area (Å²) in [6.45, 7) is 7.36. The Hall–Kier alpha value is -2.99. The fourth-order valence-electron chi connectivity index (χ4n) is 4.22. The third-order valence-electron chi connectivity index (χ3n) is 5.82. The second-order valence-corrected chi connectivity index (χ2v) is 8.48. The molecule has 0 bridgehead atoms. The van der Waals surface area contributed by atoms with E-state index in [1.165, 1.54) is 17.3 Å². The van der Waals surface area contributed by atoms with Crippen molar-refractivity contribution in [3.63, 3.8) is 0 Å². The smallest absolute Gasteiger partial charge is 0.220 e. The molecule has 4 aromatic rings. The van der Waals surface area contributed by atoms with Crippen molar-refractivity contribution in [2.24, 2.45) is 0 Å². The van der Waals surface area contributed by atoms with E-state index in [1.54, 1.807) is 12.1 Å². The van der Waals surface area contributed by atoms with Crippen molar-refractivity contribution in [3.8, 4) is 11.1 Å². The van der Waals surface area contributed by atoms with Crippen LogP contribution in [0.4, 0.5) is 4.39 Å². The third kappa shape index (κ3) is 3.21. The summed E-state index contributed by atoms with van der Waals surface area (Å²) in [4.78, 5) is 6.07. The van der Waals surface area contributed by atoms with Crippen LogP contribution in [0.1, 0.15) is 29.8 Å². The van der Waals surface area contributed by atoms with Gasteiger partial charge in [0, 0.05) is 29.0 Å². The van der Waals surface area contributed by atoms with Gasteiger partial charge in [-0.1, -0.05) is 24.8 Å². The highest BCUT2D eigenvalue weighted by Gasteiger charge is 2.26. The maximum atomic E-state index is 14.1. The molecule has 6 heteroatoms. The van der Waals surface area contributed by atoms with Gasteiger partial charge in [0.15, 0.2) is 0 Å². The van der Waals surface area contributed by atoms with Gasteiger partial charge in [0.05, 0.1) is 17.3 Å². The molecule has 4 heterocycles. The summed E-state index contributed by atoms with van der Waals surface area (Å²) in [5, 5.41) is 4.70. The molecule has 0 spiro atoms. The highest BCUT2D eigenvalue weighted by Crippen LogP contribution is 2.36. The van der Waals surface area contributed by atoms with Gasteiger partial charge in [0.2, 0.25) is 5.95 Å². The molecule has 150 valence electrons. The van der Waals surface area contributed by atoms with Gasteiger partial charge in [-0.3, -0.25) is 0 Å². The van der Waals surface area contributed by atoms with Crippen LogP contribution in [-0.4, -0.2) is 26.0 Å². The van der Waals surface area contributed by atoms with Crippen molar-refractivity contribution in [1.29, 1.82) is 0 Å². The zero-order valence-corrected chi connectivity index (χ0v) is 18.1. The van der Waals surface area contributed by atoms with Crippen molar-refractivity contribution in [2.45, 2.75) is 19.4 Å². The van der Waals surface area contributed by atoms with E-state index in [-0.39, 0.29) is 6.04 Å². The van der Waals surface area contributed by atoms with E-state index in [4.69, 9.17) is 5.10 Å². The summed E-state index contributed by atoms with van der Waals surface area (Å²) < 4.78 is 17.0. The first-order valence-electron chi connectivity index (χ1n) is 9.86. The molecular weight excluding hydrogens is 443 g/mol.